The highest BCUT2D eigenvalue weighted by Crippen LogP contribution is 2.24. The minimum absolute atomic E-state index is 0.0903. The predicted octanol–water partition coefficient (Wildman–Crippen LogP) is 2.20. The van der Waals surface area contributed by atoms with Gasteiger partial charge in [0.15, 0.2) is 0 Å². The quantitative estimate of drug-likeness (QED) is 0.298. The molecule has 0 fully saturated rings. The number of hydrogen-bond acceptors (Lipinski definition) is 6. The number of unbranched alkanes of at least 4 members (excludes halogenated alkanes) is 1. The van der Waals surface area contributed by atoms with Crippen molar-refractivity contribution in [3.05, 3.63) is 33.9 Å². The third-order valence-corrected chi connectivity index (χ3v) is 3.54. The Morgan fingerprint density at radius 2 is 2.05 bits per heavy atom. The van der Waals surface area contributed by atoms with Crippen molar-refractivity contribution in [3.8, 4) is 5.75 Å². The standard InChI is InChI=1S/C14H19NO6S/c1-20-14(16)5-3-4-6-21-13-8-11(10-22(2)19)7-12(9-13)15(17)18/h7-9H,3-6,10H2,1-2H3/t22-/m0/s1. The molecule has 0 aliphatic heterocycles. The van der Waals surface area contributed by atoms with Crippen molar-refractivity contribution in [2.75, 3.05) is 20.0 Å². The minimum Gasteiger partial charge on any atom is -0.493 e. The van der Waals surface area contributed by atoms with E-state index in [1.807, 2.05) is 0 Å². The molecule has 22 heavy (non-hydrogen) atoms. The van der Waals surface area contributed by atoms with Crippen LogP contribution in [0.5, 0.6) is 5.75 Å². The number of nitrogens with zero attached hydrogens (tertiary/aromatic N) is 1. The average Bonchev–Trinajstić information content (AvgIpc) is 2.45. The second-order valence-corrected chi connectivity index (χ2v) is 6.13. The molecule has 1 atom stereocenters. The lowest BCUT2D eigenvalue weighted by Gasteiger charge is -2.08. The normalized spacial score (nSPS) is 11.7. The summed E-state index contributed by atoms with van der Waals surface area (Å²) in [7, 11) is 0.243. The lowest BCUT2D eigenvalue weighted by atomic mass is 10.2. The summed E-state index contributed by atoms with van der Waals surface area (Å²) < 4.78 is 21.3. The monoisotopic (exact) mass is 329 g/mol. The zero-order valence-corrected chi connectivity index (χ0v) is 13.4. The third-order valence-electron chi connectivity index (χ3n) is 2.80. The maximum absolute atomic E-state index is 11.3. The smallest absolute Gasteiger partial charge is 0.305 e. The van der Waals surface area contributed by atoms with Gasteiger partial charge in [0.2, 0.25) is 0 Å². The van der Waals surface area contributed by atoms with E-state index in [1.54, 1.807) is 6.07 Å². The van der Waals surface area contributed by atoms with Crippen LogP contribution in [0.3, 0.4) is 0 Å². The summed E-state index contributed by atoms with van der Waals surface area (Å²) in [5.41, 5.74) is 0.507. The highest BCUT2D eigenvalue weighted by Gasteiger charge is 2.11. The van der Waals surface area contributed by atoms with Crippen LogP contribution in [0.1, 0.15) is 24.8 Å². The molecule has 0 spiro atoms. The van der Waals surface area contributed by atoms with Crippen molar-refractivity contribution in [2.45, 2.75) is 25.0 Å². The number of hydrogen-bond donors (Lipinski definition) is 0. The summed E-state index contributed by atoms with van der Waals surface area (Å²) >= 11 is 0. The molecule has 122 valence electrons. The number of nitro groups is 1. The number of carbonyl (C=O) groups is 1. The second-order valence-electron chi connectivity index (χ2n) is 4.69. The van der Waals surface area contributed by atoms with Crippen LogP contribution < -0.4 is 4.74 Å². The lowest BCUT2D eigenvalue weighted by Crippen LogP contribution is -2.03. The van der Waals surface area contributed by atoms with E-state index in [-0.39, 0.29) is 17.4 Å². The van der Waals surface area contributed by atoms with E-state index in [9.17, 15) is 19.1 Å². The molecule has 0 saturated carbocycles. The van der Waals surface area contributed by atoms with Gasteiger partial charge >= 0.3 is 5.97 Å². The molecule has 0 bridgehead atoms. The Labute approximate surface area is 131 Å². The van der Waals surface area contributed by atoms with Crippen LogP contribution in [-0.4, -0.2) is 35.1 Å². The van der Waals surface area contributed by atoms with Gasteiger partial charge in [-0.25, -0.2) is 0 Å². The molecule has 0 saturated heterocycles. The van der Waals surface area contributed by atoms with Crippen LogP contribution >= 0.6 is 0 Å². The van der Waals surface area contributed by atoms with E-state index < -0.39 is 15.7 Å². The van der Waals surface area contributed by atoms with E-state index in [0.717, 1.165) is 0 Å². The summed E-state index contributed by atoms with van der Waals surface area (Å²) in [6.45, 7) is 0.340. The molecular weight excluding hydrogens is 310 g/mol. The van der Waals surface area contributed by atoms with E-state index in [1.165, 1.54) is 25.5 Å². The number of esters is 1. The summed E-state index contributed by atoms with van der Waals surface area (Å²) in [4.78, 5) is 21.3. The highest BCUT2D eigenvalue weighted by molar-refractivity contribution is 7.83. The first-order valence-electron chi connectivity index (χ1n) is 6.70. The van der Waals surface area contributed by atoms with Crippen molar-refractivity contribution in [2.24, 2.45) is 0 Å². The van der Waals surface area contributed by atoms with Crippen LogP contribution in [0.25, 0.3) is 0 Å². The number of carbonyl (C=O) groups excluding carboxylic acids is 1. The summed E-state index contributed by atoms with van der Waals surface area (Å²) in [6.07, 6.45) is 3.10. The molecule has 0 heterocycles. The molecule has 8 heteroatoms. The summed E-state index contributed by atoms with van der Waals surface area (Å²) in [6, 6.07) is 4.38. The van der Waals surface area contributed by atoms with E-state index in [2.05, 4.69) is 4.74 Å². The highest BCUT2D eigenvalue weighted by atomic mass is 32.2. The first-order chi connectivity index (χ1) is 10.4. The van der Waals surface area contributed by atoms with E-state index in [4.69, 9.17) is 4.74 Å². The Bertz CT molecular complexity index is 560. The van der Waals surface area contributed by atoms with Gasteiger partial charge < -0.3 is 9.47 Å². The first-order valence-corrected chi connectivity index (χ1v) is 8.43. The summed E-state index contributed by atoms with van der Waals surface area (Å²) in [5, 5.41) is 10.9. The van der Waals surface area contributed by atoms with E-state index in [0.29, 0.717) is 37.2 Å². The van der Waals surface area contributed by atoms with Crippen molar-refractivity contribution < 1.29 is 23.4 Å². The Balaban J connectivity index is 2.61. The molecule has 7 nitrogen and oxygen atoms in total. The zero-order valence-electron chi connectivity index (χ0n) is 12.6. The van der Waals surface area contributed by atoms with Gasteiger partial charge in [-0.2, -0.15) is 0 Å². The van der Waals surface area contributed by atoms with Crippen molar-refractivity contribution in [1.82, 2.24) is 0 Å². The van der Waals surface area contributed by atoms with Gasteiger partial charge in [-0.05, 0) is 24.5 Å². The topological polar surface area (TPSA) is 95.7 Å². The Morgan fingerprint density at radius 3 is 2.64 bits per heavy atom. The zero-order chi connectivity index (χ0) is 16.5. The van der Waals surface area contributed by atoms with Crippen LogP contribution in [0.2, 0.25) is 0 Å². The molecule has 1 rings (SSSR count). The molecule has 0 aromatic heterocycles. The van der Waals surface area contributed by atoms with Gasteiger partial charge in [-0.1, -0.05) is 0 Å². The molecule has 1 aromatic rings. The Kier molecular flexibility index (Phi) is 7.51. The van der Waals surface area contributed by atoms with Crippen molar-refractivity contribution in [3.63, 3.8) is 0 Å². The predicted molar refractivity (Wildman–Crippen MR) is 82.2 cm³/mol. The van der Waals surface area contributed by atoms with Crippen molar-refractivity contribution in [1.29, 1.82) is 0 Å². The molecular formula is C14H19NO6S. The van der Waals surface area contributed by atoms with Crippen LogP contribution in [0, 0.1) is 10.1 Å². The van der Waals surface area contributed by atoms with Gasteiger partial charge in [-0.3, -0.25) is 19.1 Å². The van der Waals surface area contributed by atoms with Crippen LogP contribution in [0.4, 0.5) is 5.69 Å². The lowest BCUT2D eigenvalue weighted by molar-refractivity contribution is -0.385. The van der Waals surface area contributed by atoms with Crippen molar-refractivity contribution >= 4 is 22.5 Å². The van der Waals surface area contributed by atoms with E-state index >= 15 is 0 Å². The van der Waals surface area contributed by atoms with Gasteiger partial charge in [0.05, 0.1) is 24.7 Å². The number of nitro benzene ring substituents is 1. The minimum atomic E-state index is -1.09. The number of ether oxygens (including phenoxy) is 2. The fourth-order valence-corrected chi connectivity index (χ4v) is 2.45. The largest absolute Gasteiger partial charge is 0.493 e. The van der Waals surface area contributed by atoms with Crippen LogP contribution in [0.15, 0.2) is 18.2 Å². The fourth-order valence-electron chi connectivity index (χ4n) is 1.81. The molecule has 0 radical (unpaired) electrons. The number of rotatable bonds is 9. The number of benzene rings is 1. The molecule has 0 aliphatic carbocycles. The third kappa shape index (κ3) is 6.66. The number of non-ortho nitro benzene ring substituents is 1. The first kappa shape index (κ1) is 18.1. The SMILES string of the molecule is COC(=O)CCCCOc1cc(C[S@](C)=O)cc([N+](=O)[O-])c1. The fraction of sp³-hybridized carbons (Fsp3) is 0.500. The van der Waals surface area contributed by atoms with Gasteiger partial charge in [0, 0.05) is 35.3 Å². The molecule has 1 aromatic carbocycles. The average molecular weight is 329 g/mol. The van der Waals surface area contributed by atoms with Gasteiger partial charge in [0.1, 0.15) is 5.75 Å². The molecule has 0 amide bonds. The van der Waals surface area contributed by atoms with Crippen LogP contribution in [-0.2, 0) is 26.1 Å². The van der Waals surface area contributed by atoms with Gasteiger partial charge in [0.25, 0.3) is 5.69 Å². The molecule has 0 aliphatic rings. The second kappa shape index (κ2) is 9.14. The summed E-state index contributed by atoms with van der Waals surface area (Å²) in [5.74, 6) is 0.330. The Morgan fingerprint density at radius 1 is 1.32 bits per heavy atom. The molecule has 0 N–H and O–H groups in total. The maximum Gasteiger partial charge on any atom is 0.305 e. The molecule has 0 unspecified atom stereocenters. The van der Waals surface area contributed by atoms with Gasteiger partial charge in [-0.15, -0.1) is 0 Å². The number of methoxy groups -OCH3 is 1. The maximum atomic E-state index is 11.3. The Hall–Kier alpha value is -1.96.